The maximum absolute atomic E-state index is 8.20. The first-order valence-corrected chi connectivity index (χ1v) is 4.02. The monoisotopic (exact) mass is 217 g/mol. The molecule has 68 valence electrons. The van der Waals surface area contributed by atoms with Crippen LogP contribution in [0.3, 0.4) is 0 Å². The molecule has 1 aromatic rings. The Labute approximate surface area is 84.7 Å². The molecular formula is C7H5Cl2N3O. The summed E-state index contributed by atoms with van der Waals surface area (Å²) >= 11 is 11.5. The third kappa shape index (κ3) is 2.18. The fourth-order valence-corrected chi connectivity index (χ4v) is 1.30. The van der Waals surface area contributed by atoms with Crippen molar-refractivity contribution in [2.75, 3.05) is 7.11 Å². The summed E-state index contributed by atoms with van der Waals surface area (Å²) in [5, 5.41) is 4.04. The number of azide groups is 1. The van der Waals surface area contributed by atoms with Gasteiger partial charge >= 0.3 is 0 Å². The van der Waals surface area contributed by atoms with E-state index >= 15 is 0 Å². The van der Waals surface area contributed by atoms with Crippen LogP contribution in [-0.2, 0) is 0 Å². The molecule has 13 heavy (non-hydrogen) atoms. The number of hydrogen-bond donors (Lipinski definition) is 0. The lowest BCUT2D eigenvalue weighted by atomic mass is 10.3. The van der Waals surface area contributed by atoms with Crippen molar-refractivity contribution in [1.82, 2.24) is 0 Å². The highest BCUT2D eigenvalue weighted by molar-refractivity contribution is 6.37. The average molecular weight is 218 g/mol. The second-order valence-electron chi connectivity index (χ2n) is 2.13. The molecule has 1 rings (SSSR count). The molecule has 1 aromatic carbocycles. The molecule has 0 aliphatic rings. The Bertz CT molecular complexity index is 374. The van der Waals surface area contributed by atoms with Gasteiger partial charge in [0.25, 0.3) is 0 Å². The molecule has 0 aliphatic heterocycles. The molecule has 0 saturated heterocycles. The van der Waals surface area contributed by atoms with E-state index in [0.29, 0.717) is 21.5 Å². The van der Waals surface area contributed by atoms with E-state index in [1.165, 1.54) is 19.2 Å². The van der Waals surface area contributed by atoms with Crippen LogP contribution in [0, 0.1) is 0 Å². The van der Waals surface area contributed by atoms with Crippen molar-refractivity contribution in [2.24, 2.45) is 5.11 Å². The number of ether oxygens (including phenoxy) is 1. The van der Waals surface area contributed by atoms with Gasteiger partial charge in [0, 0.05) is 4.91 Å². The van der Waals surface area contributed by atoms with E-state index in [0.717, 1.165) is 0 Å². The van der Waals surface area contributed by atoms with Gasteiger partial charge in [-0.25, -0.2) is 0 Å². The summed E-state index contributed by atoms with van der Waals surface area (Å²) in [7, 11) is 1.47. The Morgan fingerprint density at radius 1 is 1.38 bits per heavy atom. The Morgan fingerprint density at radius 2 is 2.08 bits per heavy atom. The summed E-state index contributed by atoms with van der Waals surface area (Å²) in [5.74, 6) is 0.425. The van der Waals surface area contributed by atoms with E-state index in [1.807, 2.05) is 0 Å². The number of hydrogen-bond acceptors (Lipinski definition) is 2. The molecule has 0 aromatic heterocycles. The third-order valence-corrected chi connectivity index (χ3v) is 1.97. The van der Waals surface area contributed by atoms with Gasteiger partial charge in [-0.2, -0.15) is 0 Å². The third-order valence-electron chi connectivity index (χ3n) is 1.37. The van der Waals surface area contributed by atoms with Gasteiger partial charge in [0.1, 0.15) is 5.75 Å². The van der Waals surface area contributed by atoms with E-state index in [1.54, 1.807) is 0 Å². The van der Waals surface area contributed by atoms with Crippen molar-refractivity contribution < 1.29 is 4.74 Å². The number of methoxy groups -OCH3 is 1. The summed E-state index contributed by atoms with van der Waals surface area (Å²) in [6.07, 6.45) is 0. The van der Waals surface area contributed by atoms with Crippen molar-refractivity contribution in [3.05, 3.63) is 32.6 Å². The first kappa shape index (κ1) is 9.99. The zero-order chi connectivity index (χ0) is 9.84. The van der Waals surface area contributed by atoms with Crippen molar-refractivity contribution >= 4 is 28.9 Å². The van der Waals surface area contributed by atoms with E-state index in [9.17, 15) is 0 Å². The number of rotatable bonds is 2. The zero-order valence-corrected chi connectivity index (χ0v) is 8.17. The van der Waals surface area contributed by atoms with Gasteiger partial charge in [0.05, 0.1) is 22.8 Å². The lowest BCUT2D eigenvalue weighted by Crippen LogP contribution is -1.83. The molecule has 0 saturated carbocycles. The molecule has 0 fully saturated rings. The molecule has 0 unspecified atom stereocenters. The first-order valence-electron chi connectivity index (χ1n) is 3.27. The van der Waals surface area contributed by atoms with Crippen molar-refractivity contribution in [1.29, 1.82) is 0 Å². The standard InChI is InChI=1S/C7H5Cl2N3O/c1-13-7-3-6(11-12-10)4(8)2-5(7)9/h2-3H,1H3. The molecule has 0 heterocycles. The number of benzene rings is 1. The lowest BCUT2D eigenvalue weighted by molar-refractivity contribution is 0.415. The van der Waals surface area contributed by atoms with Crippen LogP contribution in [0.1, 0.15) is 0 Å². The summed E-state index contributed by atoms with van der Waals surface area (Å²) in [6.45, 7) is 0. The van der Waals surface area contributed by atoms with Gasteiger partial charge < -0.3 is 4.74 Å². The van der Waals surface area contributed by atoms with Gasteiger partial charge in [0.15, 0.2) is 0 Å². The largest absolute Gasteiger partial charge is 0.495 e. The molecule has 0 radical (unpaired) electrons. The van der Waals surface area contributed by atoms with Crippen LogP contribution in [0.25, 0.3) is 10.4 Å². The van der Waals surface area contributed by atoms with Crippen LogP contribution in [-0.4, -0.2) is 7.11 Å². The first-order chi connectivity index (χ1) is 6.19. The van der Waals surface area contributed by atoms with Crippen LogP contribution < -0.4 is 4.74 Å². The fraction of sp³-hybridized carbons (Fsp3) is 0.143. The van der Waals surface area contributed by atoms with Crippen LogP contribution in [0.4, 0.5) is 5.69 Å². The van der Waals surface area contributed by atoms with E-state index in [-0.39, 0.29) is 0 Å². The fourth-order valence-electron chi connectivity index (χ4n) is 0.800. The molecule has 0 amide bonds. The average Bonchev–Trinajstić information content (AvgIpc) is 2.10. The van der Waals surface area contributed by atoms with Crippen LogP contribution in [0.15, 0.2) is 17.2 Å². The van der Waals surface area contributed by atoms with Gasteiger partial charge in [-0.1, -0.05) is 28.3 Å². The Morgan fingerprint density at radius 3 is 2.62 bits per heavy atom. The minimum atomic E-state index is 0.295. The van der Waals surface area contributed by atoms with Gasteiger partial charge in [0.2, 0.25) is 0 Å². The Hall–Kier alpha value is -1.09. The molecule has 0 aliphatic carbocycles. The molecule has 4 nitrogen and oxygen atoms in total. The molecule has 0 spiro atoms. The van der Waals surface area contributed by atoms with Crippen LogP contribution in [0.2, 0.25) is 10.0 Å². The Balaban J connectivity index is 3.29. The lowest BCUT2D eigenvalue weighted by Gasteiger charge is -2.04. The Kier molecular flexibility index (Phi) is 3.25. The predicted octanol–water partition coefficient (Wildman–Crippen LogP) is 3.94. The minimum absolute atomic E-state index is 0.295. The van der Waals surface area contributed by atoms with Crippen LogP contribution >= 0.6 is 23.2 Å². The highest BCUT2D eigenvalue weighted by atomic mass is 35.5. The molecule has 0 atom stereocenters. The number of nitrogens with zero attached hydrogens (tertiary/aromatic N) is 3. The van der Waals surface area contributed by atoms with Crippen LogP contribution in [0.5, 0.6) is 5.75 Å². The minimum Gasteiger partial charge on any atom is -0.495 e. The SMILES string of the molecule is COc1cc(N=[N+]=[N-])c(Cl)cc1Cl. The maximum Gasteiger partial charge on any atom is 0.138 e. The summed E-state index contributed by atoms with van der Waals surface area (Å²) in [5.41, 5.74) is 8.50. The summed E-state index contributed by atoms with van der Waals surface area (Å²) in [4.78, 5) is 2.61. The van der Waals surface area contributed by atoms with Gasteiger partial charge in [-0.15, -0.1) is 0 Å². The van der Waals surface area contributed by atoms with Gasteiger partial charge in [-0.05, 0) is 17.7 Å². The van der Waals surface area contributed by atoms with E-state index < -0.39 is 0 Å². The summed E-state index contributed by atoms with van der Waals surface area (Å²) < 4.78 is 4.91. The van der Waals surface area contributed by atoms with Crippen molar-refractivity contribution in [3.8, 4) is 5.75 Å². The normalized spacial score (nSPS) is 9.15. The second-order valence-corrected chi connectivity index (χ2v) is 2.94. The molecular weight excluding hydrogens is 213 g/mol. The highest BCUT2D eigenvalue weighted by Crippen LogP contribution is 2.35. The van der Waals surface area contributed by atoms with E-state index in [4.69, 9.17) is 33.5 Å². The van der Waals surface area contributed by atoms with Crippen molar-refractivity contribution in [3.63, 3.8) is 0 Å². The topological polar surface area (TPSA) is 58.0 Å². The van der Waals surface area contributed by atoms with Gasteiger partial charge in [-0.3, -0.25) is 0 Å². The maximum atomic E-state index is 8.20. The molecule has 6 heteroatoms. The second kappa shape index (κ2) is 4.23. The van der Waals surface area contributed by atoms with E-state index in [2.05, 4.69) is 10.0 Å². The smallest absolute Gasteiger partial charge is 0.138 e. The molecule has 0 bridgehead atoms. The molecule has 0 N–H and O–H groups in total. The number of halogens is 2. The quantitative estimate of drug-likeness (QED) is 0.421. The predicted molar refractivity (Wildman–Crippen MR) is 51.8 cm³/mol. The van der Waals surface area contributed by atoms with Crippen molar-refractivity contribution in [2.45, 2.75) is 0 Å². The summed E-state index contributed by atoms with van der Waals surface area (Å²) in [6, 6.07) is 2.94. The zero-order valence-electron chi connectivity index (χ0n) is 6.66. The highest BCUT2D eigenvalue weighted by Gasteiger charge is 2.05.